The number of Topliss-reactive ketones (excluding diaryl/α,β-unsaturated/α-hetero) is 1. The van der Waals surface area contributed by atoms with E-state index < -0.39 is 72.6 Å². The lowest BCUT2D eigenvalue weighted by Gasteiger charge is -2.43. The number of aliphatic carboxylic acids is 2. The van der Waals surface area contributed by atoms with Gasteiger partial charge < -0.3 is 74.0 Å². The van der Waals surface area contributed by atoms with Crippen molar-refractivity contribution in [1.29, 1.82) is 0 Å². The predicted octanol–water partition coefficient (Wildman–Crippen LogP) is -1.51. The topological polar surface area (TPSA) is 286 Å². The molecule has 0 radical (unpaired) electrons. The molecule has 5 rings (SSSR count). The lowest BCUT2D eigenvalue weighted by atomic mass is 9.78. The number of nitrogens with one attached hydrogen (secondary N) is 2. The minimum Gasteiger partial charge on any atom is -0.481 e. The van der Waals surface area contributed by atoms with Crippen LogP contribution in [-0.4, -0.2) is 193 Å². The van der Waals surface area contributed by atoms with Crippen molar-refractivity contribution in [2.75, 3.05) is 84.7 Å². The fourth-order valence-electron chi connectivity index (χ4n) is 7.97. The van der Waals surface area contributed by atoms with E-state index in [1.165, 1.54) is 13.0 Å². The zero-order valence-electron chi connectivity index (χ0n) is 34.5. The van der Waals surface area contributed by atoms with Crippen LogP contribution in [0.4, 0.5) is 5.69 Å². The number of rotatable bonds is 23. The summed E-state index contributed by atoms with van der Waals surface area (Å²) in [4.78, 5) is 75.5. The summed E-state index contributed by atoms with van der Waals surface area (Å²) in [5.74, 6) is -5.26. The standard InChI is InChI=1S/C40H58N4O17/c1-23(45)8-15-56-17-19-58-20-18-57-16-9-29(46)41-10-7-30(47)42-25-21-24(3-4-26(25)60-40-35(50)33(48)34(49)36(61-40)39(54)55)22-44(2)13-11-43(12-14-44)37(51)31-27-5-6-28(59-27)32(31)38(52)53/h3-4,21,27-28,31-36,40,48-50H,5-20,22H2,1-2H3,(H3-,41,42,46,47,52,53,54,55)/p+1/t27?,28?,31?,32?,33-,34-,35+,36-,40+/m0/s1. The summed E-state index contributed by atoms with van der Waals surface area (Å²) in [6.45, 7) is 5.50. The Bertz CT molecular complexity index is 1710. The summed E-state index contributed by atoms with van der Waals surface area (Å²) in [6, 6.07) is 4.82. The molecule has 21 heteroatoms. The van der Waals surface area contributed by atoms with Crippen LogP contribution in [0.15, 0.2) is 18.2 Å². The van der Waals surface area contributed by atoms with E-state index in [1.807, 2.05) is 7.05 Å². The second-order valence-electron chi connectivity index (χ2n) is 16.1. The van der Waals surface area contributed by atoms with Crippen LogP contribution in [0.1, 0.15) is 44.6 Å². The Morgan fingerprint density at radius 3 is 2.02 bits per heavy atom. The number of quaternary nitrogens is 1. The number of carbonyl (C=O) groups excluding carboxylic acids is 4. The number of ketones is 1. The van der Waals surface area contributed by atoms with Crippen LogP contribution in [-0.2, 0) is 59.0 Å². The van der Waals surface area contributed by atoms with E-state index in [0.29, 0.717) is 82.9 Å². The number of fused-ring (bicyclic) bond motifs is 2. The first-order chi connectivity index (χ1) is 29.1. The maximum absolute atomic E-state index is 13.6. The zero-order chi connectivity index (χ0) is 44.3. The number of hydrogen-bond donors (Lipinski definition) is 7. The lowest BCUT2D eigenvalue weighted by Crippen LogP contribution is -2.61. The van der Waals surface area contributed by atoms with Crippen molar-refractivity contribution < 1.29 is 87.2 Å². The van der Waals surface area contributed by atoms with Gasteiger partial charge in [0.25, 0.3) is 0 Å². The molecule has 1 aromatic carbocycles. The number of carboxylic acids is 2. The number of aliphatic hydroxyl groups is 3. The third-order valence-electron chi connectivity index (χ3n) is 11.4. The highest BCUT2D eigenvalue weighted by Crippen LogP contribution is 2.44. The number of likely N-dealkylation sites (N-methyl/N-ethyl adjacent to an activating group) is 1. The number of carbonyl (C=O) groups is 6. The summed E-state index contributed by atoms with van der Waals surface area (Å²) in [5.41, 5.74) is 0.852. The van der Waals surface area contributed by atoms with Gasteiger partial charge in [0.15, 0.2) is 6.10 Å². The molecule has 3 amide bonds. The van der Waals surface area contributed by atoms with Crippen molar-refractivity contribution in [3.8, 4) is 5.75 Å². The molecule has 4 heterocycles. The van der Waals surface area contributed by atoms with Gasteiger partial charge >= 0.3 is 11.9 Å². The van der Waals surface area contributed by atoms with Crippen LogP contribution >= 0.6 is 0 Å². The molecule has 0 aromatic heterocycles. The molecule has 4 aliphatic heterocycles. The van der Waals surface area contributed by atoms with Crippen molar-refractivity contribution in [2.45, 2.75) is 88.5 Å². The number of carboxylic acid groups (broad SMARTS) is 2. The number of piperazine rings is 1. The number of nitrogens with zero attached hydrogens (tertiary/aromatic N) is 2. The van der Waals surface area contributed by atoms with Crippen LogP contribution in [0, 0.1) is 11.8 Å². The molecular weight excluding hydrogens is 808 g/mol. The highest BCUT2D eigenvalue weighted by molar-refractivity contribution is 5.93. The normalized spacial score (nSPS) is 28.0. The van der Waals surface area contributed by atoms with Crippen molar-refractivity contribution in [3.63, 3.8) is 0 Å². The summed E-state index contributed by atoms with van der Waals surface area (Å²) in [6.07, 6.45) is -8.69. The molecule has 0 saturated carbocycles. The second-order valence-corrected chi connectivity index (χ2v) is 16.1. The Morgan fingerprint density at radius 2 is 1.39 bits per heavy atom. The third-order valence-corrected chi connectivity index (χ3v) is 11.4. The fraction of sp³-hybridized carbons (Fsp3) is 0.700. The van der Waals surface area contributed by atoms with E-state index in [9.17, 15) is 54.3 Å². The molecule has 4 saturated heterocycles. The molecule has 4 unspecified atom stereocenters. The minimum absolute atomic E-state index is 0.0200. The van der Waals surface area contributed by atoms with Gasteiger partial charge in [-0.15, -0.1) is 0 Å². The maximum atomic E-state index is 13.6. The van der Waals surface area contributed by atoms with Crippen molar-refractivity contribution in [1.82, 2.24) is 10.2 Å². The van der Waals surface area contributed by atoms with Gasteiger partial charge in [-0.2, -0.15) is 0 Å². The number of benzene rings is 1. The molecule has 61 heavy (non-hydrogen) atoms. The van der Waals surface area contributed by atoms with E-state index in [-0.39, 0.29) is 61.6 Å². The quantitative estimate of drug-likeness (QED) is 0.0486. The van der Waals surface area contributed by atoms with Crippen LogP contribution in [0.25, 0.3) is 0 Å². The second kappa shape index (κ2) is 22.2. The van der Waals surface area contributed by atoms with Gasteiger partial charge in [0.05, 0.1) is 103 Å². The number of hydrogen-bond acceptors (Lipinski definition) is 15. The Hall–Kier alpha value is -4.32. The van der Waals surface area contributed by atoms with Gasteiger partial charge in [-0.3, -0.25) is 24.0 Å². The van der Waals surface area contributed by atoms with E-state index in [4.69, 9.17) is 28.4 Å². The Balaban J connectivity index is 1.14. The van der Waals surface area contributed by atoms with Gasteiger partial charge in [0, 0.05) is 31.4 Å². The van der Waals surface area contributed by atoms with Crippen molar-refractivity contribution in [2.24, 2.45) is 11.8 Å². The molecule has 4 fully saturated rings. The first-order valence-electron chi connectivity index (χ1n) is 20.6. The van der Waals surface area contributed by atoms with Crippen LogP contribution in [0.5, 0.6) is 5.75 Å². The van der Waals surface area contributed by atoms with E-state index in [1.54, 1.807) is 17.0 Å². The number of ether oxygens (including phenoxy) is 6. The highest BCUT2D eigenvalue weighted by atomic mass is 16.7. The molecular formula is C40H59N4O17+. The van der Waals surface area contributed by atoms with Gasteiger partial charge in [-0.25, -0.2) is 4.79 Å². The summed E-state index contributed by atoms with van der Waals surface area (Å²) in [5, 5.41) is 55.8. The fourth-order valence-corrected chi connectivity index (χ4v) is 7.97. The van der Waals surface area contributed by atoms with Gasteiger partial charge in [0.1, 0.15) is 36.4 Å². The van der Waals surface area contributed by atoms with Gasteiger partial charge in [0.2, 0.25) is 24.0 Å². The Labute approximate surface area is 352 Å². The smallest absolute Gasteiger partial charge is 0.335 e. The van der Waals surface area contributed by atoms with Gasteiger partial charge in [-0.05, 0) is 38.0 Å². The van der Waals surface area contributed by atoms with E-state index in [0.717, 1.165) is 5.56 Å². The van der Waals surface area contributed by atoms with Gasteiger partial charge in [-0.1, -0.05) is 0 Å². The SMILES string of the molecule is CC(=O)CCOCCOCCOCCC(=O)NCCC(=O)Nc1cc(C[N+]2(C)CCN(C(=O)C3C4CCC(O4)C3C(=O)O)CC2)ccc1O[C@@H]1O[C@H](C(=O)O)[C@@H](O)[C@H](O)[C@H]1O. The average molecular weight is 868 g/mol. The number of anilines is 1. The first-order valence-corrected chi connectivity index (χ1v) is 20.6. The van der Waals surface area contributed by atoms with Crippen LogP contribution < -0.4 is 15.4 Å². The van der Waals surface area contributed by atoms with E-state index >= 15 is 0 Å². The molecule has 4 aliphatic rings. The zero-order valence-corrected chi connectivity index (χ0v) is 34.5. The van der Waals surface area contributed by atoms with Crippen LogP contribution in [0.2, 0.25) is 0 Å². The Morgan fingerprint density at radius 1 is 0.770 bits per heavy atom. The molecule has 9 atom stereocenters. The molecule has 21 nitrogen and oxygen atoms in total. The summed E-state index contributed by atoms with van der Waals surface area (Å²) < 4.78 is 33.5. The predicted molar refractivity (Wildman–Crippen MR) is 209 cm³/mol. The van der Waals surface area contributed by atoms with Crippen LogP contribution in [0.3, 0.4) is 0 Å². The largest absolute Gasteiger partial charge is 0.481 e. The lowest BCUT2D eigenvalue weighted by molar-refractivity contribution is -0.926. The monoisotopic (exact) mass is 867 g/mol. The molecule has 0 aliphatic carbocycles. The molecule has 2 bridgehead atoms. The number of amides is 3. The molecule has 0 spiro atoms. The minimum atomic E-state index is -1.94. The maximum Gasteiger partial charge on any atom is 0.335 e. The third kappa shape index (κ3) is 13.1. The average Bonchev–Trinajstić information content (AvgIpc) is 3.83. The summed E-state index contributed by atoms with van der Waals surface area (Å²) in [7, 11) is 2.01. The van der Waals surface area contributed by atoms with Crippen molar-refractivity contribution >= 4 is 41.1 Å². The molecule has 7 N–H and O–H groups in total. The summed E-state index contributed by atoms with van der Waals surface area (Å²) >= 11 is 0. The Kier molecular flexibility index (Phi) is 17.3. The molecule has 340 valence electrons. The molecule has 1 aromatic rings. The highest BCUT2D eigenvalue weighted by Gasteiger charge is 2.57. The number of aliphatic hydroxyl groups excluding tert-OH is 3. The first kappa shape index (κ1) is 47.7. The van der Waals surface area contributed by atoms with E-state index in [2.05, 4.69) is 10.6 Å². The van der Waals surface area contributed by atoms with Crippen molar-refractivity contribution in [3.05, 3.63) is 23.8 Å².